The number of hydrogen-bond donors (Lipinski definition) is 2. The number of ether oxygens (including phenoxy) is 1. The van der Waals surface area contributed by atoms with Crippen molar-refractivity contribution >= 4 is 11.6 Å². The second-order valence-electron chi connectivity index (χ2n) is 3.85. The molecule has 0 bridgehead atoms. The van der Waals surface area contributed by atoms with E-state index in [1.165, 1.54) is 0 Å². The lowest BCUT2D eigenvalue weighted by molar-refractivity contribution is 0.0932. The maximum Gasteiger partial charge on any atom is 0.248 e. The predicted octanol–water partition coefficient (Wildman–Crippen LogP) is 1.68. The van der Waals surface area contributed by atoms with Gasteiger partial charge >= 0.3 is 0 Å². The zero-order chi connectivity index (χ0) is 13.0. The van der Waals surface area contributed by atoms with Gasteiger partial charge in [0.15, 0.2) is 0 Å². The van der Waals surface area contributed by atoms with Gasteiger partial charge in [0.25, 0.3) is 0 Å². The average Bonchev–Trinajstić information content (AvgIpc) is 2.84. The Morgan fingerprint density at radius 1 is 1.28 bits per heavy atom. The summed E-state index contributed by atoms with van der Waals surface area (Å²) in [6.07, 6.45) is 1.59. The van der Waals surface area contributed by atoms with E-state index in [0.717, 1.165) is 11.3 Å². The van der Waals surface area contributed by atoms with Crippen molar-refractivity contribution in [3.05, 3.63) is 53.5 Å². The standard InChI is InChI=1S/C13H14N2O3/c14-12-6-9(13(15)16)3-4-10(12)7-17-8-11-2-1-5-18-11/h1-6H,7-8,14H2,(H2,15,16). The Bertz CT molecular complexity index is 535. The Balaban J connectivity index is 1.95. The van der Waals surface area contributed by atoms with Crippen LogP contribution in [0.15, 0.2) is 41.0 Å². The zero-order valence-electron chi connectivity index (χ0n) is 9.76. The number of primary amides is 1. The van der Waals surface area contributed by atoms with Crippen LogP contribution in [0.25, 0.3) is 0 Å². The fourth-order valence-corrected chi connectivity index (χ4v) is 1.54. The first-order valence-corrected chi connectivity index (χ1v) is 5.45. The van der Waals surface area contributed by atoms with E-state index in [-0.39, 0.29) is 0 Å². The van der Waals surface area contributed by atoms with Gasteiger partial charge in [-0.05, 0) is 24.3 Å². The van der Waals surface area contributed by atoms with Crippen LogP contribution in [-0.2, 0) is 18.0 Å². The first kappa shape index (κ1) is 12.2. The largest absolute Gasteiger partial charge is 0.467 e. The highest BCUT2D eigenvalue weighted by Crippen LogP contribution is 2.16. The van der Waals surface area contributed by atoms with Gasteiger partial charge in [-0.3, -0.25) is 4.79 Å². The number of carbonyl (C=O) groups excluding carboxylic acids is 1. The molecule has 5 heteroatoms. The normalized spacial score (nSPS) is 10.4. The molecule has 0 saturated heterocycles. The Morgan fingerprint density at radius 3 is 2.72 bits per heavy atom. The highest BCUT2D eigenvalue weighted by molar-refractivity contribution is 5.93. The van der Waals surface area contributed by atoms with E-state index >= 15 is 0 Å². The molecule has 0 aliphatic heterocycles. The molecule has 0 saturated carbocycles. The molecule has 0 aliphatic carbocycles. The molecule has 0 atom stereocenters. The molecule has 2 aromatic rings. The third kappa shape index (κ3) is 2.89. The van der Waals surface area contributed by atoms with Crippen molar-refractivity contribution in [1.29, 1.82) is 0 Å². The van der Waals surface area contributed by atoms with Crippen molar-refractivity contribution in [2.45, 2.75) is 13.2 Å². The number of hydrogen-bond acceptors (Lipinski definition) is 4. The summed E-state index contributed by atoms with van der Waals surface area (Å²) in [7, 11) is 0. The van der Waals surface area contributed by atoms with Crippen LogP contribution in [0.4, 0.5) is 5.69 Å². The average molecular weight is 246 g/mol. The number of benzene rings is 1. The van der Waals surface area contributed by atoms with Crippen LogP contribution in [0.2, 0.25) is 0 Å². The highest BCUT2D eigenvalue weighted by atomic mass is 16.5. The van der Waals surface area contributed by atoms with E-state index in [2.05, 4.69) is 0 Å². The van der Waals surface area contributed by atoms with E-state index in [1.54, 1.807) is 30.5 Å². The fraction of sp³-hybridized carbons (Fsp3) is 0.154. The lowest BCUT2D eigenvalue weighted by Gasteiger charge is -2.07. The summed E-state index contributed by atoms with van der Waals surface area (Å²) in [6.45, 7) is 0.732. The molecule has 1 aromatic heterocycles. The van der Waals surface area contributed by atoms with E-state index in [9.17, 15) is 4.79 Å². The first-order chi connectivity index (χ1) is 8.66. The maximum absolute atomic E-state index is 11.0. The van der Waals surface area contributed by atoms with Gasteiger partial charge in [0.1, 0.15) is 12.4 Å². The topological polar surface area (TPSA) is 91.5 Å². The molecule has 0 unspecified atom stereocenters. The molecule has 94 valence electrons. The van der Waals surface area contributed by atoms with Crippen molar-refractivity contribution in [1.82, 2.24) is 0 Å². The first-order valence-electron chi connectivity index (χ1n) is 5.45. The van der Waals surface area contributed by atoms with Crippen molar-refractivity contribution < 1.29 is 13.9 Å². The molecule has 0 radical (unpaired) electrons. The number of carbonyl (C=O) groups is 1. The smallest absolute Gasteiger partial charge is 0.248 e. The summed E-state index contributed by atoms with van der Waals surface area (Å²) in [4.78, 5) is 11.0. The van der Waals surface area contributed by atoms with Crippen LogP contribution in [0, 0.1) is 0 Å². The minimum Gasteiger partial charge on any atom is -0.467 e. The molecular weight excluding hydrogens is 232 g/mol. The monoisotopic (exact) mass is 246 g/mol. The molecule has 0 spiro atoms. The van der Waals surface area contributed by atoms with Gasteiger partial charge in [0.05, 0.1) is 12.9 Å². The SMILES string of the molecule is NC(=O)c1ccc(COCc2ccco2)c(N)c1. The Labute approximate surface area is 104 Å². The predicted molar refractivity (Wildman–Crippen MR) is 66.6 cm³/mol. The van der Waals surface area contributed by atoms with Crippen LogP contribution >= 0.6 is 0 Å². The van der Waals surface area contributed by atoms with E-state index in [1.807, 2.05) is 6.07 Å². The van der Waals surface area contributed by atoms with E-state index in [4.69, 9.17) is 20.6 Å². The number of anilines is 1. The molecule has 0 fully saturated rings. The third-order valence-corrected chi connectivity index (χ3v) is 2.51. The molecule has 5 nitrogen and oxygen atoms in total. The number of furan rings is 1. The lowest BCUT2D eigenvalue weighted by Crippen LogP contribution is -2.11. The summed E-state index contributed by atoms with van der Waals surface area (Å²) in [5.41, 5.74) is 12.7. The minimum absolute atomic E-state index is 0.353. The van der Waals surface area contributed by atoms with Gasteiger partial charge in [0.2, 0.25) is 5.91 Å². The lowest BCUT2D eigenvalue weighted by atomic mass is 10.1. The quantitative estimate of drug-likeness (QED) is 0.785. The van der Waals surface area contributed by atoms with Gasteiger partial charge in [-0.1, -0.05) is 6.07 Å². The molecule has 1 amide bonds. The zero-order valence-corrected chi connectivity index (χ0v) is 9.76. The molecule has 0 aliphatic rings. The van der Waals surface area contributed by atoms with Crippen LogP contribution in [0.1, 0.15) is 21.7 Å². The van der Waals surface area contributed by atoms with Gasteiger partial charge in [-0.15, -0.1) is 0 Å². The highest BCUT2D eigenvalue weighted by Gasteiger charge is 2.05. The Morgan fingerprint density at radius 2 is 2.11 bits per heavy atom. The number of nitrogens with two attached hydrogens (primary N) is 2. The van der Waals surface area contributed by atoms with E-state index in [0.29, 0.717) is 24.5 Å². The Hall–Kier alpha value is -2.27. The molecule has 1 aromatic carbocycles. The third-order valence-electron chi connectivity index (χ3n) is 2.51. The van der Waals surface area contributed by atoms with Crippen LogP contribution in [-0.4, -0.2) is 5.91 Å². The fourth-order valence-electron chi connectivity index (χ4n) is 1.54. The van der Waals surface area contributed by atoms with Crippen LogP contribution in [0.5, 0.6) is 0 Å². The summed E-state index contributed by atoms with van der Waals surface area (Å²) < 4.78 is 10.6. The second-order valence-corrected chi connectivity index (χ2v) is 3.85. The summed E-state index contributed by atoms with van der Waals surface area (Å²) in [5.74, 6) is 0.257. The van der Waals surface area contributed by atoms with E-state index < -0.39 is 5.91 Å². The summed E-state index contributed by atoms with van der Waals surface area (Å²) >= 11 is 0. The molecule has 1 heterocycles. The van der Waals surface area contributed by atoms with Crippen molar-refractivity contribution in [3.63, 3.8) is 0 Å². The van der Waals surface area contributed by atoms with Gasteiger partial charge < -0.3 is 20.6 Å². The molecular formula is C13H14N2O3. The van der Waals surface area contributed by atoms with Gasteiger partial charge in [-0.2, -0.15) is 0 Å². The molecule has 18 heavy (non-hydrogen) atoms. The van der Waals surface area contributed by atoms with Crippen molar-refractivity contribution in [3.8, 4) is 0 Å². The summed E-state index contributed by atoms with van der Waals surface area (Å²) in [5, 5.41) is 0. The molecule has 2 rings (SSSR count). The second kappa shape index (κ2) is 5.37. The van der Waals surface area contributed by atoms with Gasteiger partial charge in [0, 0.05) is 16.8 Å². The summed E-state index contributed by atoms with van der Waals surface area (Å²) in [6, 6.07) is 8.55. The molecule has 4 N–H and O–H groups in total. The van der Waals surface area contributed by atoms with Crippen LogP contribution in [0.3, 0.4) is 0 Å². The van der Waals surface area contributed by atoms with Gasteiger partial charge in [-0.25, -0.2) is 0 Å². The van der Waals surface area contributed by atoms with Crippen LogP contribution < -0.4 is 11.5 Å². The minimum atomic E-state index is -0.496. The van der Waals surface area contributed by atoms with Crippen molar-refractivity contribution in [2.24, 2.45) is 5.73 Å². The maximum atomic E-state index is 11.0. The number of rotatable bonds is 5. The Kier molecular flexibility index (Phi) is 3.64. The number of nitrogen functional groups attached to an aromatic ring is 1. The number of amides is 1. The van der Waals surface area contributed by atoms with Crippen molar-refractivity contribution in [2.75, 3.05) is 5.73 Å².